The van der Waals surface area contributed by atoms with Crippen LogP contribution in [-0.2, 0) is 0 Å². The molecular weight excluding hydrogens is 156 g/mol. The monoisotopic (exact) mass is 160 g/mol. The number of nitrogens with two attached hydrogens (primary N) is 1. The molecule has 0 aliphatic heterocycles. The number of nitrogens with one attached hydrogen (secondary N) is 2. The van der Waals surface area contributed by atoms with Crippen LogP contribution in [0.3, 0.4) is 0 Å². The largest absolute Gasteiger partial charge is 0.351 e. The molecule has 0 spiro atoms. The van der Waals surface area contributed by atoms with Gasteiger partial charge in [0.25, 0.3) is 0 Å². The van der Waals surface area contributed by atoms with Crippen LogP contribution in [-0.4, -0.2) is 12.1 Å². The SMILES string of the molecule is N#CSNC(=O)NC(N)=O. The van der Waals surface area contributed by atoms with E-state index in [-0.39, 0.29) is 0 Å². The lowest BCUT2D eigenvalue weighted by Crippen LogP contribution is -2.39. The molecule has 0 aromatic carbocycles. The van der Waals surface area contributed by atoms with Crippen LogP contribution in [0.25, 0.3) is 0 Å². The molecule has 6 nitrogen and oxygen atoms in total. The Morgan fingerprint density at radius 2 is 2.20 bits per heavy atom. The third-order valence-electron chi connectivity index (χ3n) is 0.426. The van der Waals surface area contributed by atoms with Crippen LogP contribution in [0, 0.1) is 10.7 Å². The van der Waals surface area contributed by atoms with E-state index in [1.54, 1.807) is 10.7 Å². The number of carbonyl (C=O) groups excluding carboxylic acids is 2. The molecule has 0 aliphatic carbocycles. The van der Waals surface area contributed by atoms with Gasteiger partial charge in [-0.1, -0.05) is 0 Å². The van der Waals surface area contributed by atoms with Gasteiger partial charge in [-0.05, 0) is 0 Å². The zero-order valence-corrected chi connectivity index (χ0v) is 5.57. The summed E-state index contributed by atoms with van der Waals surface area (Å²) in [5.74, 6) is 0. The standard InChI is InChI=1S/C3H4N4O2S/c4-1-10-7-3(9)6-2(5)8/h(H4,5,6,7,8,9). The molecule has 0 fully saturated rings. The second-order valence-corrected chi connectivity index (χ2v) is 1.70. The maximum Gasteiger partial charge on any atom is 0.333 e. The van der Waals surface area contributed by atoms with Crippen molar-refractivity contribution in [2.24, 2.45) is 5.73 Å². The highest BCUT2D eigenvalue weighted by molar-refractivity contribution is 8.02. The molecule has 0 saturated heterocycles. The van der Waals surface area contributed by atoms with Gasteiger partial charge in [0.05, 0.1) is 11.9 Å². The molecule has 0 aliphatic rings. The van der Waals surface area contributed by atoms with Crippen molar-refractivity contribution in [2.75, 3.05) is 0 Å². The van der Waals surface area contributed by atoms with Crippen LogP contribution in [0.1, 0.15) is 0 Å². The van der Waals surface area contributed by atoms with Gasteiger partial charge in [-0.15, -0.1) is 0 Å². The highest BCUT2D eigenvalue weighted by atomic mass is 32.2. The van der Waals surface area contributed by atoms with Gasteiger partial charge in [0.1, 0.15) is 0 Å². The first-order valence-electron chi connectivity index (χ1n) is 2.08. The second kappa shape index (κ2) is 4.46. The third kappa shape index (κ3) is 4.73. The Morgan fingerprint density at radius 3 is 2.60 bits per heavy atom. The van der Waals surface area contributed by atoms with Crippen molar-refractivity contribution in [3.8, 4) is 5.40 Å². The zero-order valence-electron chi connectivity index (χ0n) is 4.75. The van der Waals surface area contributed by atoms with Gasteiger partial charge in [-0.25, -0.2) is 9.59 Å². The molecule has 0 aromatic heterocycles. The first-order valence-corrected chi connectivity index (χ1v) is 2.90. The van der Waals surface area contributed by atoms with Crippen molar-refractivity contribution in [1.82, 2.24) is 10.0 Å². The summed E-state index contributed by atoms with van der Waals surface area (Å²) in [5.41, 5.74) is 4.56. The molecule has 0 aromatic rings. The van der Waals surface area contributed by atoms with Gasteiger partial charge < -0.3 is 5.73 Å². The molecule has 4 N–H and O–H groups in total. The Balaban J connectivity index is 3.47. The van der Waals surface area contributed by atoms with Crippen LogP contribution in [0.2, 0.25) is 0 Å². The van der Waals surface area contributed by atoms with Gasteiger partial charge in [-0.3, -0.25) is 10.0 Å². The minimum absolute atomic E-state index is 0.494. The number of nitriles is 1. The van der Waals surface area contributed by atoms with E-state index in [0.717, 1.165) is 0 Å². The number of thiocyanates is 1. The molecule has 0 saturated carbocycles. The smallest absolute Gasteiger partial charge is 0.333 e. The number of urea groups is 2. The molecule has 7 heteroatoms. The van der Waals surface area contributed by atoms with Gasteiger partial charge in [0.15, 0.2) is 5.40 Å². The normalized spacial score (nSPS) is 7.50. The summed E-state index contributed by atoms with van der Waals surface area (Å²) < 4.78 is 1.97. The summed E-state index contributed by atoms with van der Waals surface area (Å²) in [7, 11) is 0. The summed E-state index contributed by atoms with van der Waals surface area (Å²) in [5, 5.41) is 11.2. The van der Waals surface area contributed by atoms with E-state index in [1.807, 2.05) is 4.72 Å². The average Bonchev–Trinajstić information content (AvgIpc) is 1.82. The maximum atomic E-state index is 10.3. The predicted octanol–water partition coefficient (Wildman–Crippen LogP) is -0.506. The van der Waals surface area contributed by atoms with Crippen LogP contribution < -0.4 is 15.8 Å². The fourth-order valence-corrected chi connectivity index (χ4v) is 0.396. The van der Waals surface area contributed by atoms with Crippen LogP contribution in [0.4, 0.5) is 9.59 Å². The average molecular weight is 160 g/mol. The summed E-state index contributed by atoms with van der Waals surface area (Å²) in [6, 6.07) is -1.77. The molecule has 0 rings (SSSR count). The van der Waals surface area contributed by atoms with Crippen LogP contribution >= 0.6 is 11.9 Å². The quantitative estimate of drug-likeness (QED) is 0.354. The van der Waals surface area contributed by atoms with Crippen molar-refractivity contribution in [3.05, 3.63) is 0 Å². The fraction of sp³-hybridized carbons (Fsp3) is 0. The minimum Gasteiger partial charge on any atom is -0.351 e. The topological polar surface area (TPSA) is 108 Å². The first-order chi connectivity index (χ1) is 4.66. The van der Waals surface area contributed by atoms with E-state index in [2.05, 4.69) is 5.73 Å². The Labute approximate surface area is 60.9 Å². The lowest BCUT2D eigenvalue weighted by molar-refractivity contribution is 0.235. The van der Waals surface area contributed by atoms with Gasteiger partial charge in [-0.2, -0.15) is 5.26 Å². The predicted molar refractivity (Wildman–Crippen MR) is 34.5 cm³/mol. The van der Waals surface area contributed by atoms with Gasteiger partial charge in [0.2, 0.25) is 0 Å². The Morgan fingerprint density at radius 1 is 1.60 bits per heavy atom. The number of imide groups is 1. The Bertz CT molecular complexity index is 185. The van der Waals surface area contributed by atoms with Crippen molar-refractivity contribution in [2.45, 2.75) is 0 Å². The van der Waals surface area contributed by atoms with Gasteiger partial charge >= 0.3 is 12.1 Å². The van der Waals surface area contributed by atoms with E-state index >= 15 is 0 Å². The highest BCUT2D eigenvalue weighted by Gasteiger charge is 2.00. The fourth-order valence-electron chi connectivity index (χ4n) is 0.207. The maximum absolute atomic E-state index is 10.3. The summed E-state index contributed by atoms with van der Waals surface area (Å²) in [4.78, 5) is 20.2. The van der Waals surface area contributed by atoms with Crippen LogP contribution in [0.15, 0.2) is 0 Å². The molecule has 4 amide bonds. The molecule has 0 radical (unpaired) electrons. The van der Waals surface area contributed by atoms with Crippen molar-refractivity contribution in [1.29, 1.82) is 5.26 Å². The molecule has 0 atom stereocenters. The first kappa shape index (κ1) is 8.58. The van der Waals surface area contributed by atoms with E-state index in [1.165, 1.54) is 0 Å². The number of primary amides is 1. The lowest BCUT2D eigenvalue weighted by Gasteiger charge is -1.96. The summed E-state index contributed by atoms with van der Waals surface area (Å²) in [6.07, 6.45) is 0. The number of amides is 4. The molecule has 0 heterocycles. The molecule has 54 valence electrons. The molecule has 0 unspecified atom stereocenters. The van der Waals surface area contributed by atoms with Crippen molar-refractivity contribution >= 4 is 24.0 Å². The van der Waals surface area contributed by atoms with E-state index in [4.69, 9.17) is 5.26 Å². The molecular formula is C3H4N4O2S. The summed E-state index contributed by atoms with van der Waals surface area (Å²) in [6.45, 7) is 0. The molecule has 0 bridgehead atoms. The van der Waals surface area contributed by atoms with E-state index in [9.17, 15) is 9.59 Å². The number of nitrogens with zero attached hydrogens (tertiary/aromatic N) is 1. The van der Waals surface area contributed by atoms with Crippen LogP contribution in [0.5, 0.6) is 0 Å². The van der Waals surface area contributed by atoms with E-state index in [0.29, 0.717) is 11.9 Å². The van der Waals surface area contributed by atoms with Crippen molar-refractivity contribution < 1.29 is 9.59 Å². The number of hydrogen-bond acceptors (Lipinski definition) is 4. The number of rotatable bonds is 1. The van der Waals surface area contributed by atoms with Crippen molar-refractivity contribution in [3.63, 3.8) is 0 Å². The second-order valence-electron chi connectivity index (χ2n) is 1.11. The van der Waals surface area contributed by atoms with Gasteiger partial charge in [0, 0.05) is 0 Å². The Kier molecular flexibility index (Phi) is 3.83. The Hall–Kier alpha value is -1.42. The zero-order chi connectivity index (χ0) is 7.98. The number of carbonyl (C=O) groups is 2. The molecule has 10 heavy (non-hydrogen) atoms. The lowest BCUT2D eigenvalue weighted by atomic mass is 10.9. The summed E-state index contributed by atoms with van der Waals surface area (Å²) >= 11 is 0.494. The van der Waals surface area contributed by atoms with E-state index < -0.39 is 12.1 Å². The third-order valence-corrected chi connectivity index (χ3v) is 0.805. The minimum atomic E-state index is -0.962. The number of hydrogen-bond donors (Lipinski definition) is 3. The highest BCUT2D eigenvalue weighted by Crippen LogP contribution is 1.84.